The molecule has 0 bridgehead atoms. The molecule has 2 unspecified atom stereocenters. The van der Waals surface area contributed by atoms with Gasteiger partial charge in [0.2, 0.25) is 0 Å². The maximum atomic E-state index is 4.68. The number of pyridine rings is 1. The molecule has 5 nitrogen and oxygen atoms in total. The lowest BCUT2D eigenvalue weighted by Crippen LogP contribution is -2.47. The second-order valence-corrected chi connectivity index (χ2v) is 11.8. The van der Waals surface area contributed by atoms with E-state index < -0.39 is 0 Å². The number of fused-ring (bicyclic) bond motifs is 10. The van der Waals surface area contributed by atoms with Gasteiger partial charge in [-0.3, -0.25) is 0 Å². The Balaban J connectivity index is 0.000000132. The Labute approximate surface area is 238 Å². The van der Waals surface area contributed by atoms with E-state index >= 15 is 0 Å². The zero-order chi connectivity index (χ0) is 27.1. The fourth-order valence-electron chi connectivity index (χ4n) is 7.13. The molecule has 0 amide bonds. The highest BCUT2D eigenvalue weighted by Crippen LogP contribution is 2.39. The maximum absolute atomic E-state index is 4.68. The molecule has 4 aliphatic rings. The van der Waals surface area contributed by atoms with Crippen molar-refractivity contribution in [2.24, 2.45) is 0 Å². The summed E-state index contributed by atoms with van der Waals surface area (Å²) >= 11 is 0. The van der Waals surface area contributed by atoms with Crippen LogP contribution in [0.25, 0.3) is 0 Å². The molecule has 40 heavy (non-hydrogen) atoms. The molecule has 8 rings (SSSR count). The van der Waals surface area contributed by atoms with Gasteiger partial charge in [-0.25, -0.2) is 4.98 Å². The zero-order valence-electron chi connectivity index (χ0n) is 23.7. The summed E-state index contributed by atoms with van der Waals surface area (Å²) in [6.45, 7) is 6.62. The Morgan fingerprint density at radius 1 is 0.550 bits per heavy atom. The first-order chi connectivity index (χ1) is 19.7. The van der Waals surface area contributed by atoms with E-state index in [2.05, 4.69) is 124 Å². The summed E-state index contributed by atoms with van der Waals surface area (Å²) in [6, 6.07) is 31.9. The lowest BCUT2D eigenvalue weighted by atomic mass is 9.96. The van der Waals surface area contributed by atoms with Crippen molar-refractivity contribution in [2.45, 2.75) is 24.9 Å². The van der Waals surface area contributed by atoms with Crippen molar-refractivity contribution in [1.29, 1.82) is 0 Å². The lowest BCUT2D eigenvalue weighted by molar-refractivity contribution is 0.268. The van der Waals surface area contributed by atoms with Gasteiger partial charge in [0.15, 0.2) is 0 Å². The second kappa shape index (κ2) is 10.7. The molecule has 5 heteroatoms. The first-order valence-corrected chi connectivity index (χ1v) is 14.7. The van der Waals surface area contributed by atoms with Gasteiger partial charge in [0.05, 0.1) is 12.1 Å². The van der Waals surface area contributed by atoms with Gasteiger partial charge in [-0.05, 0) is 66.0 Å². The average molecular weight is 530 g/mol. The number of rotatable bonds is 0. The van der Waals surface area contributed by atoms with Crippen LogP contribution in [0, 0.1) is 0 Å². The number of anilines is 2. The summed E-state index contributed by atoms with van der Waals surface area (Å²) in [5.41, 5.74) is 10.2. The Bertz CT molecular complexity index is 1390. The smallest absolute Gasteiger partial charge is 0.132 e. The van der Waals surface area contributed by atoms with Crippen LogP contribution in [0.1, 0.15) is 45.5 Å². The maximum Gasteiger partial charge on any atom is 0.132 e. The highest BCUT2D eigenvalue weighted by atomic mass is 15.3. The van der Waals surface area contributed by atoms with Crippen LogP contribution in [0.5, 0.6) is 0 Å². The molecule has 1 aromatic heterocycles. The molecule has 0 saturated carbocycles. The molecule has 0 aliphatic carbocycles. The van der Waals surface area contributed by atoms with Crippen LogP contribution in [0.3, 0.4) is 0 Å². The monoisotopic (exact) mass is 529 g/mol. The molecule has 4 aromatic rings. The van der Waals surface area contributed by atoms with Gasteiger partial charge in [0.1, 0.15) is 5.82 Å². The summed E-state index contributed by atoms with van der Waals surface area (Å²) in [6.07, 6.45) is 3.98. The fraction of sp³-hybridized carbons (Fsp3) is 0.343. The van der Waals surface area contributed by atoms with Crippen molar-refractivity contribution >= 4 is 11.5 Å². The third kappa shape index (κ3) is 4.67. The highest BCUT2D eigenvalue weighted by molar-refractivity contribution is 5.61. The van der Waals surface area contributed by atoms with E-state index in [0.29, 0.717) is 12.1 Å². The predicted molar refractivity (Wildman–Crippen MR) is 164 cm³/mol. The standard InChI is InChI=1S/C18H20N2.C17H19N3/c1-19-10-11-20-17-9-5-3-7-15(17)12-14-6-2-4-8-16(14)18(20)13-19;1-19-9-10-20-16(12-19)15-7-3-2-5-13(15)11-14-6-4-8-18-17(14)20/h2-9,18H,10-13H2,1H3;2-8,16H,9-12H2,1H3. The highest BCUT2D eigenvalue weighted by Gasteiger charge is 2.33. The molecule has 0 radical (unpaired) electrons. The van der Waals surface area contributed by atoms with E-state index in [-0.39, 0.29) is 0 Å². The minimum Gasteiger partial charge on any atom is -0.362 e. The Kier molecular flexibility index (Phi) is 6.78. The predicted octanol–water partition coefficient (Wildman–Crippen LogP) is 5.56. The van der Waals surface area contributed by atoms with Crippen molar-refractivity contribution in [2.75, 3.05) is 63.2 Å². The normalized spacial score (nSPS) is 21.6. The van der Waals surface area contributed by atoms with Gasteiger partial charge >= 0.3 is 0 Å². The largest absolute Gasteiger partial charge is 0.362 e. The first kappa shape index (κ1) is 25.3. The van der Waals surface area contributed by atoms with Crippen LogP contribution >= 0.6 is 0 Å². The number of piperazine rings is 2. The Morgan fingerprint density at radius 3 is 1.77 bits per heavy atom. The van der Waals surface area contributed by atoms with Crippen molar-refractivity contribution in [3.63, 3.8) is 0 Å². The van der Waals surface area contributed by atoms with Gasteiger partial charge in [-0.15, -0.1) is 0 Å². The first-order valence-electron chi connectivity index (χ1n) is 14.7. The van der Waals surface area contributed by atoms with Crippen LogP contribution in [-0.4, -0.2) is 68.1 Å². The van der Waals surface area contributed by atoms with E-state index in [1.54, 1.807) is 0 Å². The SMILES string of the molecule is CN1CCN2c3ccccc3Cc3ccccc3C2C1.CN1CCN2c3ncccc3Cc3ccccc3C2C1. The van der Waals surface area contributed by atoms with Crippen molar-refractivity contribution < 1.29 is 0 Å². The number of para-hydroxylation sites is 1. The van der Waals surface area contributed by atoms with Crippen molar-refractivity contribution in [3.05, 3.63) is 125 Å². The van der Waals surface area contributed by atoms with Crippen LogP contribution in [-0.2, 0) is 12.8 Å². The van der Waals surface area contributed by atoms with E-state index in [4.69, 9.17) is 0 Å². The van der Waals surface area contributed by atoms with Gasteiger partial charge in [-0.2, -0.15) is 0 Å². The van der Waals surface area contributed by atoms with Gasteiger partial charge in [-0.1, -0.05) is 72.8 Å². The zero-order valence-corrected chi connectivity index (χ0v) is 23.7. The summed E-state index contributed by atoms with van der Waals surface area (Å²) in [5, 5.41) is 0. The van der Waals surface area contributed by atoms with Crippen LogP contribution < -0.4 is 9.80 Å². The van der Waals surface area contributed by atoms with Gasteiger partial charge < -0.3 is 19.6 Å². The third-order valence-corrected chi connectivity index (χ3v) is 9.20. The molecule has 2 saturated heterocycles. The van der Waals surface area contributed by atoms with E-state index in [1.807, 2.05) is 6.20 Å². The molecule has 3 aromatic carbocycles. The summed E-state index contributed by atoms with van der Waals surface area (Å²) in [4.78, 5) is 14.7. The van der Waals surface area contributed by atoms with Crippen LogP contribution in [0.2, 0.25) is 0 Å². The van der Waals surface area contributed by atoms with Crippen molar-refractivity contribution in [1.82, 2.24) is 14.8 Å². The molecule has 2 atom stereocenters. The number of nitrogens with zero attached hydrogens (tertiary/aromatic N) is 5. The quantitative estimate of drug-likeness (QED) is 0.297. The summed E-state index contributed by atoms with van der Waals surface area (Å²) in [7, 11) is 4.45. The van der Waals surface area contributed by atoms with Gasteiger partial charge in [0.25, 0.3) is 0 Å². The molecule has 0 spiro atoms. The summed E-state index contributed by atoms with van der Waals surface area (Å²) in [5.74, 6) is 1.18. The number of hydrogen-bond acceptors (Lipinski definition) is 5. The Morgan fingerprint density at radius 2 is 1.07 bits per heavy atom. The van der Waals surface area contributed by atoms with Crippen LogP contribution in [0.4, 0.5) is 11.5 Å². The minimum atomic E-state index is 0.432. The third-order valence-electron chi connectivity index (χ3n) is 9.20. The minimum absolute atomic E-state index is 0.432. The number of hydrogen-bond donors (Lipinski definition) is 0. The van der Waals surface area contributed by atoms with E-state index in [9.17, 15) is 0 Å². The molecular formula is C35H39N5. The fourth-order valence-corrected chi connectivity index (χ4v) is 7.13. The second-order valence-electron chi connectivity index (χ2n) is 11.8. The summed E-state index contributed by atoms with van der Waals surface area (Å²) < 4.78 is 0. The lowest BCUT2D eigenvalue weighted by Gasteiger charge is -2.41. The molecule has 0 N–H and O–H groups in total. The molecule has 2 fully saturated rings. The topological polar surface area (TPSA) is 25.9 Å². The average Bonchev–Trinajstić information content (AvgIpc) is 3.21. The molecular weight excluding hydrogens is 490 g/mol. The number of likely N-dealkylation sites (N-methyl/N-ethyl adjacent to an activating group) is 2. The van der Waals surface area contributed by atoms with Crippen LogP contribution in [0.15, 0.2) is 91.1 Å². The molecule has 5 heterocycles. The molecule has 4 aliphatic heterocycles. The van der Waals surface area contributed by atoms with E-state index in [1.165, 1.54) is 44.9 Å². The Hall–Kier alpha value is -3.67. The van der Waals surface area contributed by atoms with E-state index in [0.717, 1.165) is 52.1 Å². The molecule has 204 valence electrons. The number of benzene rings is 3. The van der Waals surface area contributed by atoms with Crippen molar-refractivity contribution in [3.8, 4) is 0 Å². The van der Waals surface area contributed by atoms with Gasteiger partial charge in [0, 0.05) is 57.6 Å². The number of aromatic nitrogens is 1.